The Labute approximate surface area is 139 Å². The van der Waals surface area contributed by atoms with Crippen molar-refractivity contribution in [3.05, 3.63) is 29.3 Å². The molecule has 1 fully saturated rings. The lowest BCUT2D eigenvalue weighted by Crippen LogP contribution is -2.26. The Bertz CT molecular complexity index is 506. The molecule has 1 aliphatic rings. The van der Waals surface area contributed by atoms with Gasteiger partial charge in [-0.05, 0) is 43.7 Å². The maximum Gasteiger partial charge on any atom is 0.237 e. The minimum Gasteiger partial charge on any atom is -0.325 e. The third-order valence-corrected chi connectivity index (χ3v) is 5.97. The van der Waals surface area contributed by atoms with E-state index in [4.69, 9.17) is 0 Å². The average molecular weight is 320 g/mol. The van der Waals surface area contributed by atoms with Crippen LogP contribution in [0, 0.1) is 6.92 Å². The van der Waals surface area contributed by atoms with Crippen molar-refractivity contribution in [2.24, 2.45) is 0 Å². The normalized spacial score (nSPS) is 17.5. The van der Waals surface area contributed by atoms with Crippen LogP contribution in [0.3, 0.4) is 0 Å². The monoisotopic (exact) mass is 319 g/mol. The molecule has 0 bridgehead atoms. The Morgan fingerprint density at radius 1 is 1.18 bits per heavy atom. The van der Waals surface area contributed by atoms with Crippen molar-refractivity contribution in [1.82, 2.24) is 0 Å². The zero-order chi connectivity index (χ0) is 16.1. The van der Waals surface area contributed by atoms with Gasteiger partial charge in [-0.3, -0.25) is 4.79 Å². The van der Waals surface area contributed by atoms with Gasteiger partial charge in [-0.15, -0.1) is 11.8 Å². The molecule has 0 spiro atoms. The van der Waals surface area contributed by atoms with E-state index >= 15 is 0 Å². The third kappa shape index (κ3) is 4.52. The van der Waals surface area contributed by atoms with E-state index in [2.05, 4.69) is 44.3 Å². The van der Waals surface area contributed by atoms with Crippen molar-refractivity contribution >= 4 is 23.4 Å². The summed E-state index contributed by atoms with van der Waals surface area (Å²) in [5, 5.41) is 3.87. The fourth-order valence-corrected chi connectivity index (χ4v) is 4.48. The summed E-state index contributed by atoms with van der Waals surface area (Å²) in [6.07, 6.45) is 6.54. The molecule has 122 valence electrons. The molecule has 1 aliphatic carbocycles. The lowest BCUT2D eigenvalue weighted by Gasteiger charge is -2.24. The van der Waals surface area contributed by atoms with Gasteiger partial charge in [0.15, 0.2) is 0 Å². The third-order valence-electron chi connectivity index (χ3n) is 4.49. The van der Waals surface area contributed by atoms with E-state index in [1.807, 2.05) is 18.7 Å². The van der Waals surface area contributed by atoms with E-state index in [1.165, 1.54) is 37.7 Å². The molecule has 2 nitrogen and oxygen atoms in total. The van der Waals surface area contributed by atoms with Crippen molar-refractivity contribution in [2.45, 2.75) is 76.2 Å². The number of thioether (sulfide) groups is 1. The van der Waals surface area contributed by atoms with E-state index in [1.54, 1.807) is 0 Å². The van der Waals surface area contributed by atoms with Crippen LogP contribution in [0.15, 0.2) is 18.2 Å². The second kappa shape index (κ2) is 8.05. The van der Waals surface area contributed by atoms with Crippen LogP contribution in [0.4, 0.5) is 5.69 Å². The lowest BCUT2D eigenvalue weighted by atomic mass is 9.98. The summed E-state index contributed by atoms with van der Waals surface area (Å²) < 4.78 is 0. The van der Waals surface area contributed by atoms with Gasteiger partial charge < -0.3 is 5.32 Å². The van der Waals surface area contributed by atoms with Crippen molar-refractivity contribution in [3.8, 4) is 0 Å². The van der Waals surface area contributed by atoms with E-state index in [-0.39, 0.29) is 11.2 Å². The Hall–Kier alpha value is -0.960. The van der Waals surface area contributed by atoms with Gasteiger partial charge in [0.05, 0.1) is 5.25 Å². The highest BCUT2D eigenvalue weighted by atomic mass is 32.2. The van der Waals surface area contributed by atoms with Gasteiger partial charge in [-0.2, -0.15) is 0 Å². The Balaban J connectivity index is 2.02. The molecule has 0 aromatic heterocycles. The van der Waals surface area contributed by atoms with Gasteiger partial charge >= 0.3 is 0 Å². The number of carbonyl (C=O) groups excluding carboxylic acids is 1. The molecule has 0 heterocycles. The summed E-state index contributed by atoms with van der Waals surface area (Å²) in [7, 11) is 0. The van der Waals surface area contributed by atoms with Crippen LogP contribution in [0.25, 0.3) is 0 Å². The number of benzene rings is 1. The van der Waals surface area contributed by atoms with E-state index in [0.717, 1.165) is 11.3 Å². The summed E-state index contributed by atoms with van der Waals surface area (Å²) >= 11 is 1.86. The summed E-state index contributed by atoms with van der Waals surface area (Å²) in [5.74, 6) is 0.559. The molecule has 1 N–H and O–H groups in total. The second-order valence-corrected chi connectivity index (χ2v) is 8.37. The van der Waals surface area contributed by atoms with Gasteiger partial charge in [-0.25, -0.2) is 0 Å². The molecule has 1 unspecified atom stereocenters. The number of hydrogen-bond acceptors (Lipinski definition) is 2. The van der Waals surface area contributed by atoms with Gasteiger partial charge in [-0.1, -0.05) is 51.3 Å². The molecule has 22 heavy (non-hydrogen) atoms. The first-order valence-corrected chi connectivity index (χ1v) is 9.49. The SMILES string of the molecule is Cc1cccc(C(C)C)c1NC(=O)C(C)SC1CCCCC1. The molecule has 1 aromatic rings. The molecule has 1 amide bonds. The highest BCUT2D eigenvalue weighted by Gasteiger charge is 2.22. The van der Waals surface area contributed by atoms with Crippen LogP contribution in [-0.4, -0.2) is 16.4 Å². The van der Waals surface area contributed by atoms with Gasteiger partial charge in [0.25, 0.3) is 0 Å². The largest absolute Gasteiger partial charge is 0.325 e. The number of rotatable bonds is 5. The average Bonchev–Trinajstić information content (AvgIpc) is 2.49. The van der Waals surface area contributed by atoms with E-state index in [9.17, 15) is 4.79 Å². The topological polar surface area (TPSA) is 29.1 Å². The van der Waals surface area contributed by atoms with Crippen LogP contribution in [0.5, 0.6) is 0 Å². The predicted octanol–water partition coefficient (Wildman–Crippen LogP) is 5.51. The summed E-state index contributed by atoms with van der Waals surface area (Å²) in [6.45, 7) is 8.46. The number of aryl methyl sites for hydroxylation is 1. The zero-order valence-corrected chi connectivity index (χ0v) is 15.1. The molecular weight excluding hydrogens is 290 g/mol. The smallest absolute Gasteiger partial charge is 0.237 e. The fourth-order valence-electron chi connectivity index (χ4n) is 3.12. The van der Waals surface area contributed by atoms with Crippen LogP contribution in [0.2, 0.25) is 0 Å². The van der Waals surface area contributed by atoms with Crippen LogP contribution in [0.1, 0.15) is 69.9 Å². The van der Waals surface area contributed by atoms with Crippen molar-refractivity contribution < 1.29 is 4.79 Å². The first-order valence-electron chi connectivity index (χ1n) is 8.55. The van der Waals surface area contributed by atoms with Gasteiger partial charge in [0, 0.05) is 10.9 Å². The Morgan fingerprint density at radius 3 is 2.50 bits per heavy atom. The number of nitrogens with one attached hydrogen (secondary N) is 1. The summed E-state index contributed by atoms with van der Waals surface area (Å²) in [6, 6.07) is 6.26. The number of carbonyl (C=O) groups is 1. The number of anilines is 1. The summed E-state index contributed by atoms with van der Waals surface area (Å²) in [4.78, 5) is 12.6. The van der Waals surface area contributed by atoms with Crippen molar-refractivity contribution in [1.29, 1.82) is 0 Å². The molecular formula is C19H29NOS. The number of amides is 1. The van der Waals surface area contributed by atoms with Gasteiger partial charge in [0.2, 0.25) is 5.91 Å². The fraction of sp³-hybridized carbons (Fsp3) is 0.632. The molecule has 0 saturated heterocycles. The molecule has 2 rings (SSSR count). The minimum absolute atomic E-state index is 0.0164. The standard InChI is InChI=1S/C19H29NOS/c1-13(2)17-12-8-9-14(3)18(17)20-19(21)15(4)22-16-10-6-5-7-11-16/h8-9,12-13,15-16H,5-7,10-11H2,1-4H3,(H,20,21). The van der Waals surface area contributed by atoms with Crippen molar-refractivity contribution in [3.63, 3.8) is 0 Å². The van der Waals surface area contributed by atoms with Crippen molar-refractivity contribution in [2.75, 3.05) is 5.32 Å². The molecule has 1 atom stereocenters. The number of hydrogen-bond donors (Lipinski definition) is 1. The first kappa shape index (κ1) is 17.4. The first-order chi connectivity index (χ1) is 10.5. The number of para-hydroxylation sites is 1. The lowest BCUT2D eigenvalue weighted by molar-refractivity contribution is -0.115. The Morgan fingerprint density at radius 2 is 1.86 bits per heavy atom. The zero-order valence-electron chi connectivity index (χ0n) is 14.3. The molecule has 3 heteroatoms. The van der Waals surface area contributed by atoms with Crippen LogP contribution >= 0.6 is 11.8 Å². The van der Waals surface area contributed by atoms with Gasteiger partial charge in [0.1, 0.15) is 0 Å². The van der Waals surface area contributed by atoms with Crippen LogP contribution in [-0.2, 0) is 4.79 Å². The van der Waals surface area contributed by atoms with Crippen LogP contribution < -0.4 is 5.32 Å². The minimum atomic E-state index is 0.0164. The maximum absolute atomic E-state index is 12.6. The summed E-state index contributed by atoms with van der Waals surface area (Å²) in [5.41, 5.74) is 3.39. The predicted molar refractivity (Wildman–Crippen MR) is 97.8 cm³/mol. The molecule has 1 aromatic carbocycles. The highest BCUT2D eigenvalue weighted by molar-refractivity contribution is 8.01. The van der Waals surface area contributed by atoms with E-state index in [0.29, 0.717) is 11.2 Å². The van der Waals surface area contributed by atoms with E-state index < -0.39 is 0 Å². The quantitative estimate of drug-likeness (QED) is 0.775. The molecule has 0 aliphatic heterocycles. The second-order valence-electron chi connectivity index (χ2n) is 6.72. The highest BCUT2D eigenvalue weighted by Crippen LogP contribution is 2.32. The Kier molecular flexibility index (Phi) is 6.37. The maximum atomic E-state index is 12.6. The molecule has 1 saturated carbocycles. The molecule has 0 radical (unpaired) electrons.